The third-order valence-corrected chi connectivity index (χ3v) is 5.04. The largest absolute Gasteiger partial charge is 0.345 e. The van der Waals surface area contributed by atoms with Crippen LogP contribution in [0.25, 0.3) is 5.69 Å². The molecule has 1 N–H and O–H groups in total. The highest BCUT2D eigenvalue weighted by Gasteiger charge is 2.26. The molecule has 1 unspecified atom stereocenters. The van der Waals surface area contributed by atoms with Gasteiger partial charge in [0.2, 0.25) is 0 Å². The molecule has 0 spiro atoms. The van der Waals surface area contributed by atoms with Crippen LogP contribution in [0.3, 0.4) is 0 Å². The maximum absolute atomic E-state index is 13.0. The van der Waals surface area contributed by atoms with Gasteiger partial charge in [-0.1, -0.05) is 55.8 Å². The van der Waals surface area contributed by atoms with E-state index in [0.29, 0.717) is 5.56 Å². The van der Waals surface area contributed by atoms with Crippen LogP contribution < -0.4 is 5.32 Å². The fraction of sp³-hybridized carbons (Fsp3) is 0.273. The minimum Gasteiger partial charge on any atom is -0.345 e. The summed E-state index contributed by atoms with van der Waals surface area (Å²) in [6.07, 6.45) is 5.46. The molecule has 2 aromatic carbocycles. The summed E-state index contributed by atoms with van der Waals surface area (Å²) in [6, 6.07) is 18.5. The molecule has 26 heavy (non-hydrogen) atoms. The second-order valence-corrected chi connectivity index (χ2v) is 6.77. The van der Waals surface area contributed by atoms with E-state index in [2.05, 4.69) is 35.5 Å². The zero-order chi connectivity index (χ0) is 17.9. The maximum atomic E-state index is 13.0. The van der Waals surface area contributed by atoms with Gasteiger partial charge in [-0.3, -0.25) is 4.79 Å². The smallest absolute Gasteiger partial charge is 0.255 e. The SMILES string of the molecule is CCCc1c(C(=O)NC2CCc3ccccc32)cnn1-c1ccccc1. The predicted molar refractivity (Wildman–Crippen MR) is 103 cm³/mol. The first kappa shape index (κ1) is 16.6. The van der Waals surface area contributed by atoms with Crippen LogP contribution in [0.4, 0.5) is 0 Å². The first-order valence-electron chi connectivity index (χ1n) is 9.29. The van der Waals surface area contributed by atoms with Gasteiger partial charge >= 0.3 is 0 Å². The van der Waals surface area contributed by atoms with Gasteiger partial charge in [0.05, 0.1) is 29.2 Å². The van der Waals surface area contributed by atoms with Gasteiger partial charge in [0.15, 0.2) is 0 Å². The van der Waals surface area contributed by atoms with Crippen LogP contribution in [0.2, 0.25) is 0 Å². The van der Waals surface area contributed by atoms with E-state index in [0.717, 1.165) is 37.1 Å². The van der Waals surface area contributed by atoms with E-state index in [1.807, 2.05) is 41.1 Å². The summed E-state index contributed by atoms with van der Waals surface area (Å²) in [7, 11) is 0. The van der Waals surface area contributed by atoms with E-state index >= 15 is 0 Å². The number of hydrogen-bond acceptors (Lipinski definition) is 2. The predicted octanol–water partition coefficient (Wildman–Crippen LogP) is 4.24. The number of nitrogens with zero attached hydrogens (tertiary/aromatic N) is 2. The molecule has 0 bridgehead atoms. The summed E-state index contributed by atoms with van der Waals surface area (Å²) in [4.78, 5) is 13.0. The van der Waals surface area contributed by atoms with Crippen molar-refractivity contribution in [3.63, 3.8) is 0 Å². The summed E-state index contributed by atoms with van der Waals surface area (Å²) in [5.41, 5.74) is 5.23. The summed E-state index contributed by atoms with van der Waals surface area (Å²) in [5, 5.41) is 7.72. The van der Waals surface area contributed by atoms with Crippen LogP contribution in [-0.2, 0) is 12.8 Å². The Bertz CT molecular complexity index is 914. The molecular formula is C22H23N3O. The van der Waals surface area contributed by atoms with Gasteiger partial charge in [0, 0.05) is 0 Å². The van der Waals surface area contributed by atoms with Crippen molar-refractivity contribution < 1.29 is 4.79 Å². The number of benzene rings is 2. The van der Waals surface area contributed by atoms with E-state index in [9.17, 15) is 4.79 Å². The molecule has 1 aliphatic carbocycles. The molecule has 1 atom stereocenters. The number of nitrogens with one attached hydrogen (secondary N) is 1. The van der Waals surface area contributed by atoms with Gasteiger partial charge < -0.3 is 5.32 Å². The van der Waals surface area contributed by atoms with Gasteiger partial charge in [-0.15, -0.1) is 0 Å². The lowest BCUT2D eigenvalue weighted by atomic mass is 10.1. The van der Waals surface area contributed by atoms with Crippen LogP contribution in [0.5, 0.6) is 0 Å². The monoisotopic (exact) mass is 345 g/mol. The van der Waals surface area contributed by atoms with Crippen molar-refractivity contribution in [1.29, 1.82) is 0 Å². The average molecular weight is 345 g/mol. The Kier molecular flexibility index (Phi) is 4.57. The molecule has 0 fully saturated rings. The zero-order valence-corrected chi connectivity index (χ0v) is 15.0. The Hall–Kier alpha value is -2.88. The molecule has 1 amide bonds. The van der Waals surface area contributed by atoms with Crippen molar-refractivity contribution in [1.82, 2.24) is 15.1 Å². The number of amides is 1. The molecule has 0 aliphatic heterocycles. The number of carbonyl (C=O) groups is 1. The van der Waals surface area contributed by atoms with Gasteiger partial charge in [0.1, 0.15) is 0 Å². The molecule has 132 valence electrons. The van der Waals surface area contributed by atoms with Crippen molar-refractivity contribution in [2.75, 3.05) is 0 Å². The van der Waals surface area contributed by atoms with Gasteiger partial charge in [-0.05, 0) is 42.5 Å². The van der Waals surface area contributed by atoms with Crippen LogP contribution in [0, 0.1) is 0 Å². The highest BCUT2D eigenvalue weighted by Crippen LogP contribution is 2.31. The fourth-order valence-electron chi connectivity index (χ4n) is 3.78. The number of hydrogen-bond donors (Lipinski definition) is 1. The Morgan fingerprint density at radius 2 is 1.92 bits per heavy atom. The van der Waals surface area contributed by atoms with Crippen LogP contribution in [0.15, 0.2) is 60.8 Å². The number of aromatic nitrogens is 2. The molecular weight excluding hydrogens is 322 g/mol. The fourth-order valence-corrected chi connectivity index (χ4v) is 3.78. The summed E-state index contributed by atoms with van der Waals surface area (Å²) in [6.45, 7) is 2.12. The van der Waals surface area contributed by atoms with Crippen molar-refractivity contribution in [3.05, 3.63) is 83.2 Å². The number of fused-ring (bicyclic) bond motifs is 1. The van der Waals surface area contributed by atoms with Gasteiger partial charge in [-0.2, -0.15) is 5.10 Å². The zero-order valence-electron chi connectivity index (χ0n) is 15.0. The van der Waals surface area contributed by atoms with Gasteiger partial charge in [0.25, 0.3) is 5.91 Å². The lowest BCUT2D eigenvalue weighted by Gasteiger charge is -2.15. The molecule has 3 aromatic rings. The molecule has 0 saturated heterocycles. The highest BCUT2D eigenvalue weighted by atomic mass is 16.1. The first-order chi connectivity index (χ1) is 12.8. The number of carbonyl (C=O) groups excluding carboxylic acids is 1. The molecule has 4 nitrogen and oxygen atoms in total. The lowest BCUT2D eigenvalue weighted by molar-refractivity contribution is 0.0935. The van der Waals surface area contributed by atoms with Crippen LogP contribution in [-0.4, -0.2) is 15.7 Å². The summed E-state index contributed by atoms with van der Waals surface area (Å²) in [5.74, 6) is -0.0302. The Morgan fingerprint density at radius 3 is 2.73 bits per heavy atom. The Balaban J connectivity index is 1.62. The third kappa shape index (κ3) is 3.03. The van der Waals surface area contributed by atoms with Crippen molar-refractivity contribution >= 4 is 5.91 Å². The van der Waals surface area contributed by atoms with E-state index < -0.39 is 0 Å². The Labute approximate surface area is 153 Å². The molecule has 1 heterocycles. The minimum atomic E-state index is -0.0302. The van der Waals surface area contributed by atoms with E-state index in [1.165, 1.54) is 11.1 Å². The third-order valence-electron chi connectivity index (χ3n) is 5.04. The summed E-state index contributed by atoms with van der Waals surface area (Å²) < 4.78 is 1.89. The number of para-hydroxylation sites is 1. The van der Waals surface area contributed by atoms with Crippen LogP contribution in [0.1, 0.15) is 53.0 Å². The molecule has 1 aliphatic rings. The molecule has 0 saturated carbocycles. The molecule has 0 radical (unpaired) electrons. The second kappa shape index (κ2) is 7.16. The number of rotatable bonds is 5. The maximum Gasteiger partial charge on any atom is 0.255 e. The second-order valence-electron chi connectivity index (χ2n) is 6.77. The highest BCUT2D eigenvalue weighted by molar-refractivity contribution is 5.95. The van der Waals surface area contributed by atoms with E-state index in [-0.39, 0.29) is 11.9 Å². The Morgan fingerprint density at radius 1 is 1.15 bits per heavy atom. The quantitative estimate of drug-likeness (QED) is 0.752. The number of aryl methyl sites for hydroxylation is 1. The van der Waals surface area contributed by atoms with Gasteiger partial charge in [-0.25, -0.2) is 4.68 Å². The van der Waals surface area contributed by atoms with E-state index in [1.54, 1.807) is 6.20 Å². The average Bonchev–Trinajstić information content (AvgIpc) is 3.28. The first-order valence-corrected chi connectivity index (χ1v) is 9.29. The van der Waals surface area contributed by atoms with Crippen molar-refractivity contribution in [2.24, 2.45) is 0 Å². The van der Waals surface area contributed by atoms with Crippen molar-refractivity contribution in [2.45, 2.75) is 38.6 Å². The normalized spacial score (nSPS) is 15.7. The topological polar surface area (TPSA) is 46.9 Å². The van der Waals surface area contributed by atoms with E-state index in [4.69, 9.17) is 0 Å². The minimum absolute atomic E-state index is 0.0302. The summed E-state index contributed by atoms with van der Waals surface area (Å²) >= 11 is 0. The molecule has 4 heteroatoms. The standard InChI is InChI=1S/C22H23N3O/c1-2-8-21-19(15-23-25(21)17-10-4-3-5-11-17)22(26)24-20-14-13-16-9-6-7-12-18(16)20/h3-7,9-12,15,20H,2,8,13-14H2,1H3,(H,24,26). The molecule has 1 aromatic heterocycles. The lowest BCUT2D eigenvalue weighted by Crippen LogP contribution is -2.27. The van der Waals surface area contributed by atoms with Crippen LogP contribution >= 0.6 is 0 Å². The van der Waals surface area contributed by atoms with Crippen molar-refractivity contribution in [3.8, 4) is 5.69 Å². The molecule has 4 rings (SSSR count).